The molecule has 3 rings (SSSR count). The molecular formula is C19H20N4O3S3. The molecular weight excluding hydrogens is 428 g/mol. The molecule has 0 aliphatic rings. The van der Waals surface area contributed by atoms with Crippen LogP contribution < -0.4 is 10.2 Å². The van der Waals surface area contributed by atoms with Gasteiger partial charge in [0.2, 0.25) is 11.0 Å². The number of esters is 1. The van der Waals surface area contributed by atoms with Crippen LogP contribution in [-0.4, -0.2) is 48.5 Å². The van der Waals surface area contributed by atoms with Crippen LogP contribution in [0.2, 0.25) is 0 Å². The van der Waals surface area contributed by atoms with Gasteiger partial charge >= 0.3 is 5.97 Å². The second kappa shape index (κ2) is 10.4. The third-order valence-electron chi connectivity index (χ3n) is 4.00. The molecule has 0 spiro atoms. The number of benzene rings is 1. The summed E-state index contributed by atoms with van der Waals surface area (Å²) in [5.74, 6) is -0.431. The van der Waals surface area contributed by atoms with Crippen molar-refractivity contribution in [1.29, 1.82) is 0 Å². The maximum atomic E-state index is 12.6. The smallest absolute Gasteiger partial charge is 0.339 e. The van der Waals surface area contributed by atoms with Crippen molar-refractivity contribution in [2.24, 2.45) is 0 Å². The van der Waals surface area contributed by atoms with E-state index < -0.39 is 5.97 Å². The van der Waals surface area contributed by atoms with E-state index in [0.717, 1.165) is 18.1 Å². The maximum Gasteiger partial charge on any atom is 0.339 e. The molecule has 0 atom stereocenters. The number of carbonyl (C=O) groups is 2. The highest BCUT2D eigenvalue weighted by Gasteiger charge is 2.19. The fraction of sp³-hybridized carbons (Fsp3) is 0.263. The summed E-state index contributed by atoms with van der Waals surface area (Å²) in [6.45, 7) is 0.784. The number of hydrogen-bond acceptors (Lipinski definition) is 9. The molecule has 10 heteroatoms. The van der Waals surface area contributed by atoms with Crippen LogP contribution in [-0.2, 0) is 16.0 Å². The quantitative estimate of drug-likeness (QED) is 0.394. The largest absolute Gasteiger partial charge is 0.465 e. The lowest BCUT2D eigenvalue weighted by Gasteiger charge is -2.19. The average molecular weight is 449 g/mol. The molecule has 3 aromatic rings. The minimum Gasteiger partial charge on any atom is -0.465 e. The van der Waals surface area contributed by atoms with Crippen LogP contribution in [0.1, 0.15) is 15.2 Å². The monoisotopic (exact) mass is 448 g/mol. The molecule has 0 bridgehead atoms. The van der Waals surface area contributed by atoms with Crippen molar-refractivity contribution in [2.75, 3.05) is 36.7 Å². The number of thioether (sulfide) groups is 1. The van der Waals surface area contributed by atoms with Crippen molar-refractivity contribution in [3.05, 3.63) is 52.2 Å². The van der Waals surface area contributed by atoms with Crippen LogP contribution in [0, 0.1) is 0 Å². The Morgan fingerprint density at radius 2 is 2.03 bits per heavy atom. The minimum absolute atomic E-state index is 0.145. The first kappa shape index (κ1) is 21.3. The van der Waals surface area contributed by atoms with E-state index in [4.69, 9.17) is 4.74 Å². The highest BCUT2D eigenvalue weighted by molar-refractivity contribution is 8.01. The lowest BCUT2D eigenvalue weighted by atomic mass is 10.1. The van der Waals surface area contributed by atoms with E-state index in [1.165, 1.54) is 40.0 Å². The van der Waals surface area contributed by atoms with Gasteiger partial charge in [0.15, 0.2) is 4.34 Å². The van der Waals surface area contributed by atoms with Crippen molar-refractivity contribution in [3.8, 4) is 0 Å². The second-order valence-corrected chi connectivity index (χ2v) is 9.11. The molecule has 0 radical (unpaired) electrons. The molecule has 0 unspecified atom stereocenters. The normalized spacial score (nSPS) is 10.6. The highest BCUT2D eigenvalue weighted by atomic mass is 32.2. The van der Waals surface area contributed by atoms with E-state index >= 15 is 0 Å². The van der Waals surface area contributed by atoms with E-state index in [2.05, 4.69) is 27.0 Å². The van der Waals surface area contributed by atoms with Gasteiger partial charge in [-0.2, -0.15) is 0 Å². The predicted octanol–water partition coefficient (Wildman–Crippen LogP) is 3.80. The standard InChI is InChI=1S/C19H20N4O3S3/c1-23(15-8-4-3-7-14(15)17(25)26-2)16(24)12-28-19-22-21-18(29-19)20-10-9-13-6-5-11-27-13/h3-8,11H,9-10,12H2,1-2H3,(H,20,21). The number of aromatic nitrogens is 2. The van der Waals surface area contributed by atoms with Crippen LogP contribution in [0.5, 0.6) is 0 Å². The van der Waals surface area contributed by atoms with Gasteiger partial charge in [0.05, 0.1) is 24.1 Å². The zero-order valence-corrected chi connectivity index (χ0v) is 18.4. The Balaban J connectivity index is 1.52. The number of nitrogens with one attached hydrogen (secondary N) is 1. The number of methoxy groups -OCH3 is 1. The van der Waals surface area contributed by atoms with E-state index in [1.54, 1.807) is 42.6 Å². The van der Waals surface area contributed by atoms with Crippen molar-refractivity contribution in [2.45, 2.75) is 10.8 Å². The molecule has 1 N–H and O–H groups in total. The number of rotatable bonds is 9. The molecule has 7 nitrogen and oxygen atoms in total. The van der Waals surface area contributed by atoms with Crippen LogP contribution in [0.25, 0.3) is 0 Å². The fourth-order valence-corrected chi connectivity index (χ4v) is 4.89. The van der Waals surface area contributed by atoms with Gasteiger partial charge in [-0.05, 0) is 30.0 Å². The molecule has 0 aliphatic heterocycles. The Labute approximate surface area is 181 Å². The first-order chi connectivity index (χ1) is 14.1. The fourth-order valence-electron chi connectivity index (χ4n) is 2.49. The molecule has 152 valence electrons. The molecule has 0 saturated heterocycles. The Morgan fingerprint density at radius 3 is 2.79 bits per heavy atom. The topological polar surface area (TPSA) is 84.4 Å². The van der Waals surface area contributed by atoms with Crippen molar-refractivity contribution >= 4 is 57.1 Å². The number of para-hydroxylation sites is 1. The maximum absolute atomic E-state index is 12.6. The van der Waals surface area contributed by atoms with Crippen molar-refractivity contribution in [3.63, 3.8) is 0 Å². The summed E-state index contributed by atoms with van der Waals surface area (Å²) >= 11 is 4.47. The SMILES string of the molecule is COC(=O)c1ccccc1N(C)C(=O)CSc1nnc(NCCc2cccs2)s1. The molecule has 1 amide bonds. The molecule has 2 aromatic heterocycles. The van der Waals surface area contributed by atoms with E-state index in [1.807, 2.05) is 6.07 Å². The van der Waals surface area contributed by atoms with E-state index in [-0.39, 0.29) is 11.7 Å². The first-order valence-corrected chi connectivity index (χ1v) is 11.4. The lowest BCUT2D eigenvalue weighted by molar-refractivity contribution is -0.115. The Kier molecular flexibility index (Phi) is 7.62. The first-order valence-electron chi connectivity index (χ1n) is 8.75. The summed E-state index contributed by atoms with van der Waals surface area (Å²) in [7, 11) is 2.96. The van der Waals surface area contributed by atoms with Gasteiger partial charge < -0.3 is 15.0 Å². The zero-order valence-electron chi connectivity index (χ0n) is 16.0. The van der Waals surface area contributed by atoms with Crippen LogP contribution >= 0.6 is 34.4 Å². The van der Waals surface area contributed by atoms with Gasteiger partial charge in [0, 0.05) is 18.5 Å². The highest BCUT2D eigenvalue weighted by Crippen LogP contribution is 2.27. The molecule has 2 heterocycles. The third kappa shape index (κ3) is 5.78. The number of amides is 1. The predicted molar refractivity (Wildman–Crippen MR) is 118 cm³/mol. The van der Waals surface area contributed by atoms with Crippen LogP contribution in [0.15, 0.2) is 46.1 Å². The van der Waals surface area contributed by atoms with Gasteiger partial charge in [-0.3, -0.25) is 4.79 Å². The van der Waals surface area contributed by atoms with E-state index in [9.17, 15) is 9.59 Å². The van der Waals surface area contributed by atoms with Gasteiger partial charge in [-0.15, -0.1) is 21.5 Å². The van der Waals surface area contributed by atoms with Crippen LogP contribution in [0.3, 0.4) is 0 Å². The molecule has 0 saturated carbocycles. The van der Waals surface area contributed by atoms with Gasteiger partial charge in [0.1, 0.15) is 0 Å². The van der Waals surface area contributed by atoms with Crippen LogP contribution in [0.4, 0.5) is 10.8 Å². The van der Waals surface area contributed by atoms with Crippen molar-refractivity contribution < 1.29 is 14.3 Å². The number of anilines is 2. The number of nitrogens with zero attached hydrogens (tertiary/aromatic N) is 3. The number of ether oxygens (including phenoxy) is 1. The Morgan fingerprint density at radius 1 is 1.21 bits per heavy atom. The molecule has 0 fully saturated rings. The number of thiophene rings is 1. The van der Waals surface area contributed by atoms with Gasteiger partial charge in [0.25, 0.3) is 0 Å². The zero-order chi connectivity index (χ0) is 20.6. The lowest BCUT2D eigenvalue weighted by Crippen LogP contribution is -2.29. The number of hydrogen-bond donors (Lipinski definition) is 1. The van der Waals surface area contributed by atoms with Gasteiger partial charge in [-0.25, -0.2) is 4.79 Å². The van der Waals surface area contributed by atoms with Crippen molar-refractivity contribution in [1.82, 2.24) is 10.2 Å². The van der Waals surface area contributed by atoms with Gasteiger partial charge in [-0.1, -0.05) is 41.3 Å². The molecule has 0 aliphatic carbocycles. The summed E-state index contributed by atoms with van der Waals surface area (Å²) in [6, 6.07) is 11.0. The Bertz CT molecular complexity index is 959. The molecule has 1 aromatic carbocycles. The summed E-state index contributed by atoms with van der Waals surface area (Å²) < 4.78 is 5.50. The summed E-state index contributed by atoms with van der Waals surface area (Å²) in [4.78, 5) is 27.3. The summed E-state index contributed by atoms with van der Waals surface area (Å²) in [5.41, 5.74) is 0.863. The summed E-state index contributed by atoms with van der Waals surface area (Å²) in [5, 5.41) is 14.3. The third-order valence-corrected chi connectivity index (χ3v) is 6.93. The number of carbonyl (C=O) groups excluding carboxylic acids is 2. The second-order valence-electron chi connectivity index (χ2n) is 5.88. The summed E-state index contributed by atoms with van der Waals surface area (Å²) in [6.07, 6.45) is 0.933. The Hall–Kier alpha value is -2.43. The minimum atomic E-state index is -0.477. The van der Waals surface area contributed by atoms with E-state index in [0.29, 0.717) is 15.6 Å². The average Bonchev–Trinajstić information content (AvgIpc) is 3.43. The molecule has 29 heavy (non-hydrogen) atoms.